The SMILES string of the molecule is CCNC(=NCc1cc(Br)cs1)NCCn1cccc1. The van der Waals surface area contributed by atoms with Gasteiger partial charge in [-0.25, -0.2) is 4.99 Å². The van der Waals surface area contributed by atoms with Crippen LogP contribution in [0, 0.1) is 0 Å². The van der Waals surface area contributed by atoms with E-state index in [4.69, 9.17) is 0 Å². The highest BCUT2D eigenvalue weighted by Crippen LogP contribution is 2.20. The second-order valence-corrected chi connectivity index (χ2v) is 6.19. The Bertz CT molecular complexity index is 533. The number of guanidine groups is 1. The zero-order valence-corrected chi connectivity index (χ0v) is 13.9. The van der Waals surface area contributed by atoms with Gasteiger partial charge in [0.15, 0.2) is 5.96 Å². The van der Waals surface area contributed by atoms with Crippen molar-refractivity contribution in [1.82, 2.24) is 15.2 Å². The highest BCUT2D eigenvalue weighted by atomic mass is 79.9. The van der Waals surface area contributed by atoms with Crippen molar-refractivity contribution in [1.29, 1.82) is 0 Å². The average molecular weight is 355 g/mol. The molecule has 0 bridgehead atoms. The van der Waals surface area contributed by atoms with Gasteiger partial charge < -0.3 is 15.2 Å². The van der Waals surface area contributed by atoms with Gasteiger partial charge in [-0.3, -0.25) is 0 Å². The van der Waals surface area contributed by atoms with E-state index in [1.807, 2.05) is 12.1 Å². The van der Waals surface area contributed by atoms with Crippen molar-refractivity contribution in [2.75, 3.05) is 13.1 Å². The lowest BCUT2D eigenvalue weighted by Gasteiger charge is -2.11. The van der Waals surface area contributed by atoms with Crippen molar-refractivity contribution in [3.05, 3.63) is 45.3 Å². The summed E-state index contributed by atoms with van der Waals surface area (Å²) in [5, 5.41) is 8.69. The van der Waals surface area contributed by atoms with Crippen molar-refractivity contribution in [2.45, 2.75) is 20.0 Å². The Morgan fingerprint density at radius 2 is 2.15 bits per heavy atom. The molecule has 0 atom stereocenters. The number of rotatable bonds is 6. The van der Waals surface area contributed by atoms with Gasteiger partial charge in [0, 0.05) is 46.8 Å². The molecule has 0 aromatic carbocycles. The van der Waals surface area contributed by atoms with Gasteiger partial charge >= 0.3 is 0 Å². The Balaban J connectivity index is 1.82. The van der Waals surface area contributed by atoms with Crippen LogP contribution in [0.2, 0.25) is 0 Å². The molecule has 2 aromatic heterocycles. The Kier molecular flexibility index (Phi) is 6.14. The summed E-state index contributed by atoms with van der Waals surface area (Å²) < 4.78 is 3.27. The number of nitrogens with zero attached hydrogens (tertiary/aromatic N) is 2. The summed E-state index contributed by atoms with van der Waals surface area (Å²) in [6.07, 6.45) is 4.13. The van der Waals surface area contributed by atoms with Gasteiger partial charge in [0.1, 0.15) is 0 Å². The number of nitrogens with one attached hydrogen (secondary N) is 2. The molecule has 0 spiro atoms. The van der Waals surface area contributed by atoms with Gasteiger partial charge in [-0.2, -0.15) is 0 Å². The van der Waals surface area contributed by atoms with Crippen LogP contribution in [-0.2, 0) is 13.1 Å². The van der Waals surface area contributed by atoms with E-state index in [0.717, 1.165) is 30.1 Å². The largest absolute Gasteiger partial charge is 0.357 e. The Morgan fingerprint density at radius 3 is 2.80 bits per heavy atom. The van der Waals surface area contributed by atoms with Gasteiger partial charge in [-0.1, -0.05) is 0 Å². The van der Waals surface area contributed by atoms with Gasteiger partial charge in [0.2, 0.25) is 0 Å². The van der Waals surface area contributed by atoms with Crippen LogP contribution in [0.3, 0.4) is 0 Å². The highest BCUT2D eigenvalue weighted by Gasteiger charge is 1.99. The first-order valence-corrected chi connectivity index (χ1v) is 8.31. The fourth-order valence-corrected chi connectivity index (χ4v) is 3.13. The van der Waals surface area contributed by atoms with Gasteiger partial charge in [-0.15, -0.1) is 11.3 Å². The maximum Gasteiger partial charge on any atom is 0.191 e. The molecule has 4 nitrogen and oxygen atoms in total. The van der Waals surface area contributed by atoms with Crippen LogP contribution in [-0.4, -0.2) is 23.6 Å². The van der Waals surface area contributed by atoms with Crippen molar-refractivity contribution >= 4 is 33.2 Å². The van der Waals surface area contributed by atoms with E-state index in [9.17, 15) is 0 Å². The topological polar surface area (TPSA) is 41.4 Å². The molecule has 0 aliphatic rings. The third-order valence-corrected chi connectivity index (χ3v) is 4.37. The molecular weight excluding hydrogens is 336 g/mol. The minimum absolute atomic E-state index is 0.703. The molecule has 20 heavy (non-hydrogen) atoms. The minimum Gasteiger partial charge on any atom is -0.357 e. The smallest absolute Gasteiger partial charge is 0.191 e. The average Bonchev–Trinajstić information content (AvgIpc) is 3.07. The van der Waals surface area contributed by atoms with E-state index in [1.54, 1.807) is 11.3 Å². The summed E-state index contributed by atoms with van der Waals surface area (Å²) in [5.41, 5.74) is 0. The maximum absolute atomic E-state index is 4.59. The van der Waals surface area contributed by atoms with Gasteiger partial charge in [-0.05, 0) is 41.1 Å². The summed E-state index contributed by atoms with van der Waals surface area (Å²) in [5.74, 6) is 0.865. The van der Waals surface area contributed by atoms with E-state index in [-0.39, 0.29) is 0 Å². The van der Waals surface area contributed by atoms with Crippen LogP contribution in [0.15, 0.2) is 45.4 Å². The molecule has 6 heteroatoms. The van der Waals surface area contributed by atoms with Crippen LogP contribution in [0.4, 0.5) is 0 Å². The summed E-state index contributed by atoms with van der Waals surface area (Å²) >= 11 is 5.18. The summed E-state index contributed by atoms with van der Waals surface area (Å²) in [6, 6.07) is 6.18. The number of halogens is 1. The molecule has 0 unspecified atom stereocenters. The second-order valence-electron chi connectivity index (χ2n) is 4.27. The van der Waals surface area contributed by atoms with Crippen LogP contribution in [0.25, 0.3) is 0 Å². The molecule has 2 N–H and O–H groups in total. The second kappa shape index (κ2) is 8.11. The van der Waals surface area contributed by atoms with Crippen LogP contribution in [0.5, 0.6) is 0 Å². The molecule has 0 amide bonds. The van der Waals surface area contributed by atoms with Crippen LogP contribution < -0.4 is 10.6 Å². The minimum atomic E-state index is 0.703. The maximum atomic E-state index is 4.59. The summed E-state index contributed by atoms with van der Waals surface area (Å²) in [6.45, 7) is 5.43. The molecule has 0 radical (unpaired) electrons. The lowest BCUT2D eigenvalue weighted by Crippen LogP contribution is -2.38. The lowest BCUT2D eigenvalue weighted by molar-refractivity contribution is 0.666. The lowest BCUT2D eigenvalue weighted by atomic mass is 10.5. The number of aromatic nitrogens is 1. The number of hydrogen-bond acceptors (Lipinski definition) is 2. The number of aliphatic imine (C=N–C) groups is 1. The monoisotopic (exact) mass is 354 g/mol. The fourth-order valence-electron chi connectivity index (χ4n) is 1.76. The van der Waals surface area contributed by atoms with Gasteiger partial charge in [0.05, 0.1) is 6.54 Å². The normalized spacial score (nSPS) is 11.6. The number of thiophene rings is 1. The van der Waals surface area contributed by atoms with Crippen molar-refractivity contribution in [3.63, 3.8) is 0 Å². The third-order valence-electron chi connectivity index (χ3n) is 2.69. The molecule has 2 aromatic rings. The van der Waals surface area contributed by atoms with Crippen LogP contribution in [0.1, 0.15) is 11.8 Å². The van der Waals surface area contributed by atoms with E-state index in [0.29, 0.717) is 6.54 Å². The fraction of sp³-hybridized carbons (Fsp3) is 0.357. The molecule has 0 aliphatic heterocycles. The van der Waals surface area contributed by atoms with Crippen LogP contribution >= 0.6 is 27.3 Å². The quantitative estimate of drug-likeness (QED) is 0.618. The van der Waals surface area contributed by atoms with E-state index < -0.39 is 0 Å². The third kappa shape index (κ3) is 5.02. The highest BCUT2D eigenvalue weighted by molar-refractivity contribution is 9.10. The Morgan fingerprint density at radius 1 is 1.35 bits per heavy atom. The Hall–Kier alpha value is -1.27. The molecule has 0 fully saturated rings. The molecule has 2 heterocycles. The first kappa shape index (κ1) is 15.1. The summed E-state index contributed by atoms with van der Waals surface area (Å²) in [7, 11) is 0. The zero-order valence-electron chi connectivity index (χ0n) is 11.5. The molecular formula is C14H19BrN4S. The standard InChI is InChI=1S/C14H19BrN4S/c1-2-16-14(17-5-8-19-6-3-4-7-19)18-10-13-9-12(15)11-20-13/h3-4,6-7,9,11H,2,5,8,10H2,1H3,(H2,16,17,18). The molecule has 0 aliphatic carbocycles. The number of hydrogen-bond donors (Lipinski definition) is 2. The molecule has 108 valence electrons. The van der Waals surface area contributed by atoms with E-state index in [1.165, 1.54) is 4.88 Å². The van der Waals surface area contributed by atoms with Crippen molar-refractivity contribution in [2.24, 2.45) is 4.99 Å². The summed E-state index contributed by atoms with van der Waals surface area (Å²) in [4.78, 5) is 5.84. The Labute approximate surface area is 132 Å². The predicted octanol–water partition coefficient (Wildman–Crippen LogP) is 3.07. The predicted molar refractivity (Wildman–Crippen MR) is 89.3 cm³/mol. The molecule has 0 saturated heterocycles. The first-order chi connectivity index (χ1) is 9.78. The van der Waals surface area contributed by atoms with Crippen molar-refractivity contribution in [3.8, 4) is 0 Å². The first-order valence-electron chi connectivity index (χ1n) is 6.64. The zero-order chi connectivity index (χ0) is 14.2. The molecule has 2 rings (SSSR count). The van der Waals surface area contributed by atoms with Crippen molar-refractivity contribution < 1.29 is 0 Å². The molecule has 0 saturated carbocycles. The van der Waals surface area contributed by atoms with Gasteiger partial charge in [0.25, 0.3) is 0 Å². The van der Waals surface area contributed by atoms with E-state index in [2.05, 4.69) is 66.9 Å². The van der Waals surface area contributed by atoms with E-state index >= 15 is 0 Å².